The maximum Gasteiger partial charge on any atom is 0.303 e. The van der Waals surface area contributed by atoms with Crippen molar-refractivity contribution in [2.75, 3.05) is 37.5 Å². The van der Waals surface area contributed by atoms with E-state index in [1.54, 1.807) is 0 Å². The van der Waals surface area contributed by atoms with Gasteiger partial charge in [0.05, 0.1) is 5.69 Å². The van der Waals surface area contributed by atoms with Crippen molar-refractivity contribution in [2.45, 2.75) is 0 Å². The molecule has 1 saturated heterocycles. The third-order valence-corrected chi connectivity index (χ3v) is 4.86. The van der Waals surface area contributed by atoms with Crippen molar-refractivity contribution in [3.05, 3.63) is 30.1 Å². The largest absolute Gasteiger partial charge is 0.314 e. The van der Waals surface area contributed by atoms with Crippen LogP contribution in [-0.2, 0) is 10.2 Å². The number of halogens is 1. The fourth-order valence-electron chi connectivity index (χ4n) is 1.83. The summed E-state index contributed by atoms with van der Waals surface area (Å²) in [7, 11) is -2.05. The summed E-state index contributed by atoms with van der Waals surface area (Å²) in [6.45, 7) is 2.20. The van der Waals surface area contributed by atoms with Crippen molar-refractivity contribution < 1.29 is 12.8 Å². The van der Waals surface area contributed by atoms with E-state index in [9.17, 15) is 12.8 Å². The van der Waals surface area contributed by atoms with Crippen molar-refractivity contribution in [3.8, 4) is 0 Å². The number of benzene rings is 1. The number of nitrogens with zero attached hydrogens (tertiary/aromatic N) is 2. The summed E-state index contributed by atoms with van der Waals surface area (Å²) in [6, 6.07) is 5.41. The molecule has 0 unspecified atom stereocenters. The standard InChI is InChI=1S/C11H16FN3O2S/c1-14(11-4-2-10(12)3-5-11)18(16,17)15-8-6-13-7-9-15/h2-5,13H,6-9H2,1H3. The molecule has 2 rings (SSSR count). The normalized spacial score (nSPS) is 17.7. The van der Waals surface area contributed by atoms with Crippen LogP contribution in [0.1, 0.15) is 0 Å². The fraction of sp³-hybridized carbons (Fsp3) is 0.455. The van der Waals surface area contributed by atoms with E-state index in [1.165, 1.54) is 39.9 Å². The first kappa shape index (κ1) is 13.3. The molecule has 1 aromatic rings. The SMILES string of the molecule is CN(c1ccc(F)cc1)S(=O)(=O)N1CCNCC1. The summed E-state index contributed by atoms with van der Waals surface area (Å²) in [6.07, 6.45) is 0. The minimum absolute atomic E-state index is 0.383. The van der Waals surface area contributed by atoms with Crippen LogP contribution < -0.4 is 9.62 Å². The Morgan fingerprint density at radius 1 is 1.22 bits per heavy atom. The Balaban J connectivity index is 2.20. The smallest absolute Gasteiger partial charge is 0.303 e. The Bertz CT molecular complexity index is 498. The molecule has 0 radical (unpaired) electrons. The number of anilines is 1. The molecule has 7 heteroatoms. The van der Waals surface area contributed by atoms with E-state index < -0.39 is 10.2 Å². The molecule has 0 spiro atoms. The maximum atomic E-state index is 12.8. The second-order valence-corrected chi connectivity index (χ2v) is 6.06. The van der Waals surface area contributed by atoms with Gasteiger partial charge < -0.3 is 5.32 Å². The Morgan fingerprint density at radius 3 is 2.33 bits per heavy atom. The lowest BCUT2D eigenvalue weighted by molar-refractivity contribution is 0.359. The van der Waals surface area contributed by atoms with Gasteiger partial charge in [-0.25, -0.2) is 4.39 Å². The van der Waals surface area contributed by atoms with Gasteiger partial charge in [0, 0.05) is 33.2 Å². The highest BCUT2D eigenvalue weighted by molar-refractivity contribution is 7.90. The molecule has 1 aliphatic rings. The number of hydrogen-bond donors (Lipinski definition) is 1. The van der Waals surface area contributed by atoms with Crippen LogP contribution in [0, 0.1) is 5.82 Å². The van der Waals surface area contributed by atoms with Crippen molar-refractivity contribution in [1.82, 2.24) is 9.62 Å². The van der Waals surface area contributed by atoms with Gasteiger partial charge in [0.2, 0.25) is 0 Å². The Hall–Kier alpha value is -1.18. The van der Waals surface area contributed by atoms with Crippen molar-refractivity contribution in [2.24, 2.45) is 0 Å². The molecule has 1 aliphatic heterocycles. The van der Waals surface area contributed by atoms with E-state index in [-0.39, 0.29) is 5.82 Å². The number of hydrogen-bond acceptors (Lipinski definition) is 3. The topological polar surface area (TPSA) is 52.7 Å². The minimum Gasteiger partial charge on any atom is -0.314 e. The summed E-state index contributed by atoms with van der Waals surface area (Å²) in [5, 5.41) is 3.10. The molecule has 100 valence electrons. The van der Waals surface area contributed by atoms with Crippen LogP contribution in [0.25, 0.3) is 0 Å². The summed E-state index contributed by atoms with van der Waals surface area (Å²) in [5.74, 6) is -0.383. The zero-order valence-corrected chi connectivity index (χ0v) is 11.0. The van der Waals surface area contributed by atoms with Crippen LogP contribution in [0.2, 0.25) is 0 Å². The van der Waals surface area contributed by atoms with Gasteiger partial charge in [0.1, 0.15) is 5.82 Å². The molecule has 1 fully saturated rings. The van der Waals surface area contributed by atoms with Crippen LogP contribution in [0.5, 0.6) is 0 Å². The monoisotopic (exact) mass is 273 g/mol. The van der Waals surface area contributed by atoms with E-state index in [2.05, 4.69) is 5.32 Å². The zero-order chi connectivity index (χ0) is 13.2. The number of nitrogens with one attached hydrogen (secondary N) is 1. The van der Waals surface area contributed by atoms with Crippen molar-refractivity contribution in [1.29, 1.82) is 0 Å². The average Bonchev–Trinajstić information content (AvgIpc) is 2.40. The molecule has 1 aromatic carbocycles. The van der Waals surface area contributed by atoms with Crippen LogP contribution in [0.15, 0.2) is 24.3 Å². The predicted molar refractivity (Wildman–Crippen MR) is 68.2 cm³/mol. The molecule has 5 nitrogen and oxygen atoms in total. The molecule has 18 heavy (non-hydrogen) atoms. The van der Waals surface area contributed by atoms with Gasteiger partial charge in [0.25, 0.3) is 0 Å². The molecule has 0 aromatic heterocycles. The van der Waals surface area contributed by atoms with Crippen LogP contribution in [0.3, 0.4) is 0 Å². The van der Waals surface area contributed by atoms with Gasteiger partial charge in [0.15, 0.2) is 0 Å². The van der Waals surface area contributed by atoms with E-state index in [1.807, 2.05) is 0 Å². The molecular weight excluding hydrogens is 257 g/mol. The van der Waals surface area contributed by atoms with Crippen molar-refractivity contribution in [3.63, 3.8) is 0 Å². The molecule has 1 heterocycles. The zero-order valence-electron chi connectivity index (χ0n) is 10.1. The first-order valence-electron chi connectivity index (χ1n) is 5.72. The second kappa shape index (κ2) is 5.21. The minimum atomic E-state index is -3.52. The average molecular weight is 273 g/mol. The van der Waals surface area contributed by atoms with E-state index in [0.29, 0.717) is 31.9 Å². The lowest BCUT2D eigenvalue weighted by Gasteiger charge is -2.31. The third kappa shape index (κ3) is 2.63. The van der Waals surface area contributed by atoms with Crippen LogP contribution in [-0.4, -0.2) is 45.9 Å². The molecule has 0 amide bonds. The second-order valence-electron chi connectivity index (χ2n) is 4.10. The highest BCUT2D eigenvalue weighted by Gasteiger charge is 2.28. The fourth-order valence-corrected chi connectivity index (χ4v) is 3.21. The van der Waals surface area contributed by atoms with E-state index in [0.717, 1.165) is 0 Å². The lowest BCUT2D eigenvalue weighted by Crippen LogP contribution is -2.51. The molecule has 1 N–H and O–H groups in total. The molecular formula is C11H16FN3O2S. The Labute approximate surface area is 106 Å². The van der Waals surface area contributed by atoms with Gasteiger partial charge in [-0.3, -0.25) is 4.31 Å². The summed E-state index contributed by atoms with van der Waals surface area (Å²) in [5.41, 5.74) is 0.454. The quantitative estimate of drug-likeness (QED) is 0.868. The third-order valence-electron chi connectivity index (χ3n) is 2.94. The van der Waals surface area contributed by atoms with Gasteiger partial charge in [-0.05, 0) is 24.3 Å². The van der Waals surface area contributed by atoms with E-state index in [4.69, 9.17) is 0 Å². The van der Waals surface area contributed by atoms with Crippen molar-refractivity contribution >= 4 is 15.9 Å². The first-order chi connectivity index (χ1) is 8.51. The maximum absolute atomic E-state index is 12.8. The summed E-state index contributed by atoms with van der Waals surface area (Å²) < 4.78 is 40.0. The molecule has 0 bridgehead atoms. The molecule has 0 saturated carbocycles. The molecule has 0 atom stereocenters. The Kier molecular flexibility index (Phi) is 3.84. The lowest BCUT2D eigenvalue weighted by atomic mass is 10.3. The van der Waals surface area contributed by atoms with Gasteiger partial charge in [-0.2, -0.15) is 12.7 Å². The highest BCUT2D eigenvalue weighted by atomic mass is 32.2. The van der Waals surface area contributed by atoms with Crippen LogP contribution >= 0.6 is 0 Å². The summed E-state index contributed by atoms with van der Waals surface area (Å²) >= 11 is 0. The highest BCUT2D eigenvalue weighted by Crippen LogP contribution is 2.19. The van der Waals surface area contributed by atoms with Gasteiger partial charge in [-0.15, -0.1) is 0 Å². The summed E-state index contributed by atoms with van der Waals surface area (Å²) in [4.78, 5) is 0. The Morgan fingerprint density at radius 2 is 1.78 bits per heavy atom. The van der Waals surface area contributed by atoms with E-state index >= 15 is 0 Å². The predicted octanol–water partition coefficient (Wildman–Crippen LogP) is 0.412. The molecule has 0 aliphatic carbocycles. The number of rotatable bonds is 3. The van der Waals surface area contributed by atoms with Gasteiger partial charge in [-0.1, -0.05) is 0 Å². The number of piperazine rings is 1. The van der Waals surface area contributed by atoms with Crippen LogP contribution in [0.4, 0.5) is 10.1 Å². The first-order valence-corrected chi connectivity index (χ1v) is 7.12. The van der Waals surface area contributed by atoms with Gasteiger partial charge >= 0.3 is 10.2 Å².